The lowest BCUT2D eigenvalue weighted by atomic mass is 10.1. The van der Waals surface area contributed by atoms with Gasteiger partial charge >= 0.3 is 5.97 Å². The SMILES string of the molecule is CCCNC(=O)c1cc(O)c(O)c(C(=O)O)c1. The van der Waals surface area contributed by atoms with Gasteiger partial charge in [-0.05, 0) is 18.6 Å². The van der Waals surface area contributed by atoms with Crippen LogP contribution < -0.4 is 5.32 Å². The van der Waals surface area contributed by atoms with Crippen LogP contribution in [0.2, 0.25) is 0 Å². The molecule has 1 aromatic carbocycles. The van der Waals surface area contributed by atoms with Crippen LogP contribution in [0.1, 0.15) is 34.1 Å². The number of benzene rings is 1. The molecule has 1 amide bonds. The van der Waals surface area contributed by atoms with Gasteiger partial charge in [0.05, 0.1) is 0 Å². The van der Waals surface area contributed by atoms with E-state index in [1.807, 2.05) is 6.92 Å². The fourth-order valence-electron chi connectivity index (χ4n) is 1.25. The number of hydrogen-bond acceptors (Lipinski definition) is 4. The quantitative estimate of drug-likeness (QED) is 0.585. The van der Waals surface area contributed by atoms with Gasteiger partial charge in [-0.15, -0.1) is 0 Å². The first-order chi connectivity index (χ1) is 7.97. The van der Waals surface area contributed by atoms with E-state index in [0.717, 1.165) is 18.6 Å². The largest absolute Gasteiger partial charge is 0.504 e. The van der Waals surface area contributed by atoms with Crippen LogP contribution in [-0.2, 0) is 0 Å². The van der Waals surface area contributed by atoms with Gasteiger partial charge in [-0.2, -0.15) is 0 Å². The van der Waals surface area contributed by atoms with Crippen molar-refractivity contribution >= 4 is 11.9 Å². The van der Waals surface area contributed by atoms with E-state index in [1.165, 1.54) is 0 Å². The highest BCUT2D eigenvalue weighted by Crippen LogP contribution is 2.30. The van der Waals surface area contributed by atoms with Gasteiger partial charge in [0.1, 0.15) is 5.56 Å². The second-order valence-corrected chi connectivity index (χ2v) is 3.45. The van der Waals surface area contributed by atoms with Crippen LogP contribution in [0.15, 0.2) is 12.1 Å². The van der Waals surface area contributed by atoms with Crippen molar-refractivity contribution in [2.75, 3.05) is 6.54 Å². The number of carbonyl (C=O) groups is 2. The number of carboxylic acids is 1. The number of phenols is 2. The van der Waals surface area contributed by atoms with E-state index in [2.05, 4.69) is 5.32 Å². The second-order valence-electron chi connectivity index (χ2n) is 3.45. The van der Waals surface area contributed by atoms with Crippen LogP contribution >= 0.6 is 0 Å². The molecule has 0 atom stereocenters. The number of aromatic hydroxyl groups is 2. The van der Waals surface area contributed by atoms with Gasteiger partial charge in [0, 0.05) is 12.1 Å². The molecule has 0 aliphatic heterocycles. The number of rotatable bonds is 4. The predicted molar refractivity (Wildman–Crippen MR) is 59.4 cm³/mol. The predicted octanol–water partition coefficient (Wildman–Crippen LogP) is 0.936. The molecule has 92 valence electrons. The number of nitrogens with one attached hydrogen (secondary N) is 1. The Labute approximate surface area is 97.5 Å². The minimum Gasteiger partial charge on any atom is -0.504 e. The third kappa shape index (κ3) is 2.87. The van der Waals surface area contributed by atoms with Gasteiger partial charge in [-0.3, -0.25) is 4.79 Å². The van der Waals surface area contributed by atoms with Crippen molar-refractivity contribution in [2.24, 2.45) is 0 Å². The first kappa shape index (κ1) is 12.8. The highest BCUT2D eigenvalue weighted by molar-refractivity contribution is 5.99. The molecule has 0 unspecified atom stereocenters. The zero-order chi connectivity index (χ0) is 13.0. The fraction of sp³-hybridized carbons (Fsp3) is 0.273. The molecule has 17 heavy (non-hydrogen) atoms. The number of carboxylic acid groups (broad SMARTS) is 1. The highest BCUT2D eigenvalue weighted by Gasteiger charge is 2.17. The minimum atomic E-state index is -1.41. The molecule has 6 nitrogen and oxygen atoms in total. The molecule has 0 heterocycles. The Morgan fingerprint density at radius 3 is 2.47 bits per heavy atom. The van der Waals surface area contributed by atoms with Crippen molar-refractivity contribution in [3.63, 3.8) is 0 Å². The molecule has 6 heteroatoms. The van der Waals surface area contributed by atoms with Crippen molar-refractivity contribution < 1.29 is 24.9 Å². The molecule has 1 rings (SSSR count). The monoisotopic (exact) mass is 239 g/mol. The molecule has 0 fully saturated rings. The van der Waals surface area contributed by atoms with Gasteiger partial charge in [0.15, 0.2) is 11.5 Å². The Bertz CT molecular complexity index is 455. The summed E-state index contributed by atoms with van der Waals surface area (Å²) in [7, 11) is 0. The van der Waals surface area contributed by atoms with Gasteiger partial charge in [0.25, 0.3) is 5.91 Å². The van der Waals surface area contributed by atoms with E-state index < -0.39 is 28.9 Å². The van der Waals surface area contributed by atoms with Crippen LogP contribution in [0.5, 0.6) is 11.5 Å². The summed E-state index contributed by atoms with van der Waals surface area (Å²) in [6, 6.07) is 2.04. The zero-order valence-electron chi connectivity index (χ0n) is 9.23. The van der Waals surface area contributed by atoms with Crippen molar-refractivity contribution in [1.29, 1.82) is 0 Å². The van der Waals surface area contributed by atoms with Crippen LogP contribution in [-0.4, -0.2) is 33.7 Å². The second kappa shape index (κ2) is 5.20. The van der Waals surface area contributed by atoms with Gasteiger partial charge in [-0.1, -0.05) is 6.92 Å². The molecule has 0 saturated heterocycles. The first-order valence-electron chi connectivity index (χ1n) is 5.04. The molecule has 0 aromatic heterocycles. The lowest BCUT2D eigenvalue weighted by molar-refractivity contribution is 0.0693. The maximum Gasteiger partial charge on any atom is 0.339 e. The highest BCUT2D eigenvalue weighted by atomic mass is 16.4. The number of hydrogen-bond donors (Lipinski definition) is 4. The van der Waals surface area contributed by atoms with Crippen molar-refractivity contribution in [3.05, 3.63) is 23.3 Å². The van der Waals surface area contributed by atoms with Gasteiger partial charge in [0.2, 0.25) is 0 Å². The summed E-state index contributed by atoms with van der Waals surface area (Å²) in [4.78, 5) is 22.3. The molecule has 0 radical (unpaired) electrons. The number of phenolic OH excluding ortho intramolecular Hbond substituents is 1. The molecule has 4 N–H and O–H groups in total. The summed E-state index contributed by atoms with van der Waals surface area (Å²) in [6.45, 7) is 2.32. The zero-order valence-corrected chi connectivity index (χ0v) is 9.23. The summed E-state index contributed by atoms with van der Waals surface area (Å²) in [5, 5.41) is 29.9. The van der Waals surface area contributed by atoms with E-state index >= 15 is 0 Å². The van der Waals surface area contributed by atoms with E-state index in [-0.39, 0.29) is 5.56 Å². The van der Waals surface area contributed by atoms with Crippen LogP contribution in [0.3, 0.4) is 0 Å². The molecular weight excluding hydrogens is 226 g/mol. The Morgan fingerprint density at radius 2 is 1.94 bits per heavy atom. The van der Waals surface area contributed by atoms with Crippen LogP contribution in [0, 0.1) is 0 Å². The minimum absolute atomic E-state index is 0.00819. The summed E-state index contributed by atoms with van der Waals surface area (Å²) in [5.41, 5.74) is -0.516. The Balaban J connectivity index is 3.10. The van der Waals surface area contributed by atoms with Crippen molar-refractivity contribution in [2.45, 2.75) is 13.3 Å². The lowest BCUT2D eigenvalue weighted by Gasteiger charge is -2.07. The molecule has 0 aliphatic carbocycles. The van der Waals surface area contributed by atoms with Gasteiger partial charge < -0.3 is 20.6 Å². The molecule has 1 aromatic rings. The smallest absolute Gasteiger partial charge is 0.339 e. The van der Waals surface area contributed by atoms with Crippen molar-refractivity contribution in [3.8, 4) is 11.5 Å². The molecule has 0 aliphatic rings. The normalized spacial score (nSPS) is 9.94. The van der Waals surface area contributed by atoms with E-state index in [4.69, 9.17) is 5.11 Å². The molecule has 0 bridgehead atoms. The summed E-state index contributed by atoms with van der Waals surface area (Å²) >= 11 is 0. The van der Waals surface area contributed by atoms with Gasteiger partial charge in [-0.25, -0.2) is 4.79 Å². The average molecular weight is 239 g/mol. The van der Waals surface area contributed by atoms with Crippen LogP contribution in [0.25, 0.3) is 0 Å². The lowest BCUT2D eigenvalue weighted by Crippen LogP contribution is -2.24. The third-order valence-electron chi connectivity index (χ3n) is 2.12. The standard InChI is InChI=1S/C11H13NO5/c1-2-3-12-10(15)6-4-7(11(16)17)9(14)8(13)5-6/h4-5,13-14H,2-3H2,1H3,(H,12,15)(H,16,17). The number of carbonyl (C=O) groups excluding carboxylic acids is 1. The summed E-state index contributed by atoms with van der Waals surface area (Å²) in [6.07, 6.45) is 0.738. The number of amides is 1. The van der Waals surface area contributed by atoms with Crippen molar-refractivity contribution in [1.82, 2.24) is 5.32 Å². The van der Waals surface area contributed by atoms with E-state index in [1.54, 1.807) is 0 Å². The molecular formula is C11H13NO5. The Hall–Kier alpha value is -2.24. The maximum atomic E-state index is 11.5. The fourth-order valence-corrected chi connectivity index (χ4v) is 1.25. The first-order valence-corrected chi connectivity index (χ1v) is 5.04. The average Bonchev–Trinajstić information content (AvgIpc) is 2.28. The van der Waals surface area contributed by atoms with E-state index in [0.29, 0.717) is 6.54 Å². The maximum absolute atomic E-state index is 11.5. The van der Waals surface area contributed by atoms with E-state index in [9.17, 15) is 19.8 Å². The molecule has 0 spiro atoms. The summed E-state index contributed by atoms with van der Waals surface area (Å²) in [5.74, 6) is -3.29. The topological polar surface area (TPSA) is 107 Å². The summed E-state index contributed by atoms with van der Waals surface area (Å²) < 4.78 is 0. The van der Waals surface area contributed by atoms with Crippen LogP contribution in [0.4, 0.5) is 0 Å². The number of aromatic carboxylic acids is 1. The third-order valence-corrected chi connectivity index (χ3v) is 2.12. The Kier molecular flexibility index (Phi) is 3.92. The Morgan fingerprint density at radius 1 is 1.29 bits per heavy atom. The molecule has 0 saturated carbocycles.